The Morgan fingerprint density at radius 3 is 1.84 bits per heavy atom. The summed E-state index contributed by atoms with van der Waals surface area (Å²) >= 11 is 1.21. The molecule has 0 aliphatic rings. The molecule has 3 radical (unpaired) electrons. The van der Waals surface area contributed by atoms with Gasteiger partial charge in [0.1, 0.15) is 0 Å². The third-order valence-corrected chi connectivity index (χ3v) is 3.30. The first-order valence-electron chi connectivity index (χ1n) is 7.27. The molecule has 0 saturated heterocycles. The van der Waals surface area contributed by atoms with Gasteiger partial charge in [0.25, 0.3) is 0 Å². The monoisotopic (exact) mass is 381 g/mol. The number of rotatable bonds is 9. The first-order chi connectivity index (χ1) is 9.15. The van der Waals surface area contributed by atoms with Crippen LogP contribution < -0.4 is 0 Å². The largest absolute Gasteiger partial charge is 0.508 e. The van der Waals surface area contributed by atoms with Crippen LogP contribution in [-0.2, 0) is 12.5 Å². The second-order valence-corrected chi connectivity index (χ2v) is 4.91. The van der Waals surface area contributed by atoms with Crippen molar-refractivity contribution < 1.29 is 17.3 Å². The first-order valence-corrected chi connectivity index (χ1v) is 8.44. The fourth-order valence-corrected chi connectivity index (χ4v) is 2.00. The number of hydrogen-bond donors (Lipinski definition) is 0. The van der Waals surface area contributed by atoms with Crippen molar-refractivity contribution in [2.24, 2.45) is 0 Å². The summed E-state index contributed by atoms with van der Waals surface area (Å²) in [5.41, 5.74) is 0. The molecule has 1 atom stereocenters. The smallest absolute Gasteiger partial charge is 0.434 e. The number of carbonyl (C=O) groups excluding carboxylic acids is 1. The first kappa shape index (κ1) is 21.3. The predicted molar refractivity (Wildman–Crippen MR) is 78.3 cm³/mol. The van der Waals surface area contributed by atoms with E-state index in [0.29, 0.717) is 19.3 Å². The fourth-order valence-electron chi connectivity index (χ4n) is 1.19. The zero-order valence-corrected chi connectivity index (χ0v) is 15.7. The van der Waals surface area contributed by atoms with Crippen LogP contribution in [0.15, 0.2) is 0 Å². The fraction of sp³-hybridized carbons (Fsp3) is 0.929. The molecule has 113 valence electrons. The van der Waals surface area contributed by atoms with E-state index >= 15 is 0 Å². The van der Waals surface area contributed by atoms with E-state index in [2.05, 4.69) is 23.3 Å². The van der Waals surface area contributed by atoms with Crippen molar-refractivity contribution >= 4 is 29.1 Å². The Bertz CT molecular complexity index is 174. The molecule has 0 bridgehead atoms. The van der Waals surface area contributed by atoms with E-state index in [4.69, 9.17) is 3.07 Å². The topological polar surface area (TPSA) is 44.8 Å². The standard InChI is InChI=1S/C7H14O3.C7H15O.Sn/c1-3-5-9-7(8)10-6-4-2;1-3-5-6-7(8)4-2;/h3-6H2,1-2H3;7H,3-6H2,1-2H3;/q;-1;+1. The van der Waals surface area contributed by atoms with Gasteiger partial charge >= 0.3 is 77.8 Å². The predicted octanol–water partition coefficient (Wildman–Crippen LogP) is 4.01. The molecule has 0 aromatic heterocycles. The van der Waals surface area contributed by atoms with Gasteiger partial charge in [0.05, 0.1) is 13.2 Å². The van der Waals surface area contributed by atoms with Gasteiger partial charge < -0.3 is 9.47 Å². The van der Waals surface area contributed by atoms with Gasteiger partial charge in [0.15, 0.2) is 0 Å². The van der Waals surface area contributed by atoms with E-state index in [1.54, 1.807) is 0 Å². The van der Waals surface area contributed by atoms with Gasteiger partial charge in [-0.3, -0.25) is 0 Å². The van der Waals surface area contributed by atoms with Crippen LogP contribution in [0, 0.1) is 0 Å². The normalized spacial score (nSPS) is 11.2. The van der Waals surface area contributed by atoms with E-state index in [0.717, 1.165) is 12.8 Å². The molecule has 0 amide bonds. The van der Waals surface area contributed by atoms with E-state index in [1.165, 1.54) is 48.6 Å². The molecule has 0 fully saturated rings. The van der Waals surface area contributed by atoms with Crippen LogP contribution in [0.1, 0.15) is 66.2 Å². The van der Waals surface area contributed by atoms with Gasteiger partial charge in [-0.25, -0.2) is 4.79 Å². The summed E-state index contributed by atoms with van der Waals surface area (Å²) in [5, 5.41) is 0. The molecule has 0 aromatic carbocycles. The van der Waals surface area contributed by atoms with E-state index < -0.39 is 6.16 Å². The van der Waals surface area contributed by atoms with Gasteiger partial charge in [0, 0.05) is 0 Å². The summed E-state index contributed by atoms with van der Waals surface area (Å²) < 4.78 is 14.6. The van der Waals surface area contributed by atoms with Crippen molar-refractivity contribution in [3.63, 3.8) is 0 Å². The van der Waals surface area contributed by atoms with Gasteiger partial charge in [-0.1, -0.05) is 13.8 Å². The van der Waals surface area contributed by atoms with Crippen LogP contribution in [0.5, 0.6) is 0 Å². The van der Waals surface area contributed by atoms with Crippen LogP contribution in [-0.4, -0.2) is 48.4 Å². The van der Waals surface area contributed by atoms with Crippen LogP contribution in [0.3, 0.4) is 0 Å². The zero-order chi connectivity index (χ0) is 14.9. The molecule has 4 nitrogen and oxygen atoms in total. The van der Waals surface area contributed by atoms with Crippen molar-refractivity contribution in [2.45, 2.75) is 72.3 Å². The van der Waals surface area contributed by atoms with Crippen LogP contribution in [0.4, 0.5) is 4.79 Å². The Morgan fingerprint density at radius 2 is 1.53 bits per heavy atom. The molecule has 0 heterocycles. The summed E-state index contributed by atoms with van der Waals surface area (Å²) in [7, 11) is 0. The van der Waals surface area contributed by atoms with Crippen molar-refractivity contribution in [3.05, 3.63) is 0 Å². The van der Waals surface area contributed by atoms with Gasteiger partial charge in [-0.15, -0.1) is 0 Å². The SMILES string of the molecule is CCCCC(CC)[O][Sn].CCCOC(=O)OCCC. The third-order valence-electron chi connectivity index (χ3n) is 2.35. The summed E-state index contributed by atoms with van der Waals surface area (Å²) in [4.78, 5) is 10.5. The molecule has 0 aromatic rings. The summed E-state index contributed by atoms with van der Waals surface area (Å²) in [6, 6.07) is 0. The van der Waals surface area contributed by atoms with E-state index in [9.17, 15) is 4.79 Å². The Labute approximate surface area is 132 Å². The average molecular weight is 380 g/mol. The molecule has 0 spiro atoms. The van der Waals surface area contributed by atoms with Crippen LogP contribution in [0.25, 0.3) is 0 Å². The number of unbranched alkanes of at least 4 members (excludes halogenated alkanes) is 1. The number of hydrogen-bond acceptors (Lipinski definition) is 4. The molecule has 0 aliphatic heterocycles. The maximum Gasteiger partial charge on any atom is 0.508 e. The molecule has 1 unspecified atom stereocenters. The van der Waals surface area contributed by atoms with Crippen molar-refractivity contribution in [1.29, 1.82) is 0 Å². The van der Waals surface area contributed by atoms with Gasteiger partial charge in [-0.2, -0.15) is 0 Å². The zero-order valence-electron chi connectivity index (χ0n) is 12.9. The minimum Gasteiger partial charge on any atom is -0.434 e. The molecule has 19 heavy (non-hydrogen) atoms. The number of carbonyl (C=O) groups is 1. The van der Waals surface area contributed by atoms with Crippen LogP contribution >= 0.6 is 0 Å². The molecule has 0 aliphatic carbocycles. The summed E-state index contributed by atoms with van der Waals surface area (Å²) in [6.45, 7) is 9.17. The second-order valence-electron chi connectivity index (χ2n) is 4.24. The summed E-state index contributed by atoms with van der Waals surface area (Å²) in [5.74, 6) is 0. The molecule has 0 N–H and O–H groups in total. The van der Waals surface area contributed by atoms with E-state index in [-0.39, 0.29) is 0 Å². The molecular formula is C14H29O4Sn. The minimum absolute atomic E-state index is 0.447. The van der Waals surface area contributed by atoms with E-state index in [1.807, 2.05) is 13.8 Å². The Hall–Kier alpha value is 0.0287. The van der Waals surface area contributed by atoms with Gasteiger partial charge in [0.2, 0.25) is 0 Å². The molecule has 5 heteroatoms. The molecular weight excluding hydrogens is 351 g/mol. The van der Waals surface area contributed by atoms with Crippen molar-refractivity contribution in [3.8, 4) is 0 Å². The Morgan fingerprint density at radius 1 is 1.00 bits per heavy atom. The van der Waals surface area contributed by atoms with Gasteiger partial charge in [-0.05, 0) is 12.8 Å². The maximum absolute atomic E-state index is 10.5. The number of ether oxygens (including phenoxy) is 2. The third kappa shape index (κ3) is 18.0. The second kappa shape index (κ2) is 18.0. The minimum atomic E-state index is -0.552. The van der Waals surface area contributed by atoms with Crippen LogP contribution in [0.2, 0.25) is 0 Å². The Balaban J connectivity index is 0. The molecule has 0 saturated carbocycles. The quantitative estimate of drug-likeness (QED) is 0.448. The maximum atomic E-state index is 10.5. The molecule has 0 rings (SSSR count). The summed E-state index contributed by atoms with van der Waals surface area (Å²) in [6.07, 6.45) is 6.68. The van der Waals surface area contributed by atoms with Crippen molar-refractivity contribution in [1.82, 2.24) is 0 Å². The van der Waals surface area contributed by atoms with Crippen molar-refractivity contribution in [2.75, 3.05) is 13.2 Å². The Kier molecular flexibility index (Phi) is 20.2. The average Bonchev–Trinajstić information content (AvgIpc) is 2.44.